The van der Waals surface area contributed by atoms with Crippen molar-refractivity contribution in [2.75, 3.05) is 0 Å². The molecule has 0 aliphatic heterocycles. The number of rotatable bonds is 3. The highest BCUT2D eigenvalue weighted by Crippen LogP contribution is 2.24. The van der Waals surface area contributed by atoms with Crippen LogP contribution in [0.15, 0.2) is 24.4 Å². The molecule has 2 N–H and O–H groups in total. The third kappa shape index (κ3) is 2.08. The first-order valence-electron chi connectivity index (χ1n) is 5.68. The largest absolute Gasteiger partial charge is 0.326 e. The molecule has 0 spiro atoms. The fraction of sp³-hybridized carbons (Fsp3) is 0.308. The average molecular weight is 233 g/mol. The first kappa shape index (κ1) is 11.8. The van der Waals surface area contributed by atoms with Crippen molar-refractivity contribution >= 4 is 0 Å². The summed E-state index contributed by atoms with van der Waals surface area (Å²) in [6.07, 6.45) is 1.77. The van der Waals surface area contributed by atoms with E-state index < -0.39 is 0 Å². The Kier molecular flexibility index (Phi) is 3.24. The van der Waals surface area contributed by atoms with E-state index in [4.69, 9.17) is 5.73 Å². The van der Waals surface area contributed by atoms with Crippen molar-refractivity contribution in [1.29, 1.82) is 0 Å². The summed E-state index contributed by atoms with van der Waals surface area (Å²) in [6, 6.07) is 5.13. The van der Waals surface area contributed by atoms with Gasteiger partial charge >= 0.3 is 0 Å². The van der Waals surface area contributed by atoms with E-state index in [1.807, 2.05) is 24.6 Å². The fourth-order valence-corrected chi connectivity index (χ4v) is 1.93. The van der Waals surface area contributed by atoms with Gasteiger partial charge in [0, 0.05) is 29.9 Å². The zero-order valence-electron chi connectivity index (χ0n) is 10.1. The molecule has 0 bridgehead atoms. The molecule has 0 atom stereocenters. The van der Waals surface area contributed by atoms with Gasteiger partial charge in [-0.1, -0.05) is 12.1 Å². The van der Waals surface area contributed by atoms with E-state index in [0.29, 0.717) is 5.56 Å². The monoisotopic (exact) mass is 233 g/mol. The van der Waals surface area contributed by atoms with Gasteiger partial charge in [0.2, 0.25) is 0 Å². The van der Waals surface area contributed by atoms with Crippen LogP contribution in [-0.4, -0.2) is 9.78 Å². The highest BCUT2D eigenvalue weighted by atomic mass is 19.1. The van der Waals surface area contributed by atoms with Gasteiger partial charge in [0.1, 0.15) is 5.82 Å². The topological polar surface area (TPSA) is 43.8 Å². The van der Waals surface area contributed by atoms with Crippen LogP contribution in [0.2, 0.25) is 0 Å². The van der Waals surface area contributed by atoms with Crippen molar-refractivity contribution in [3.8, 4) is 11.1 Å². The van der Waals surface area contributed by atoms with Crippen molar-refractivity contribution in [3.05, 3.63) is 41.5 Å². The first-order valence-corrected chi connectivity index (χ1v) is 5.68. The summed E-state index contributed by atoms with van der Waals surface area (Å²) in [6.45, 7) is 5.05. The number of nitrogens with zero attached hydrogens (tertiary/aromatic N) is 2. The van der Waals surface area contributed by atoms with E-state index in [-0.39, 0.29) is 12.4 Å². The predicted molar refractivity (Wildman–Crippen MR) is 65.9 cm³/mol. The Morgan fingerprint density at radius 2 is 2.18 bits per heavy atom. The maximum Gasteiger partial charge on any atom is 0.128 e. The molecule has 2 aromatic rings. The lowest BCUT2D eigenvalue weighted by Crippen LogP contribution is -2.00. The van der Waals surface area contributed by atoms with Crippen molar-refractivity contribution in [2.24, 2.45) is 5.73 Å². The van der Waals surface area contributed by atoms with Crippen LogP contribution in [0.25, 0.3) is 11.1 Å². The summed E-state index contributed by atoms with van der Waals surface area (Å²) >= 11 is 0. The maximum atomic E-state index is 13.6. The lowest BCUT2D eigenvalue weighted by molar-refractivity contribution is 0.611. The normalized spacial score (nSPS) is 10.8. The molecule has 1 heterocycles. The SMILES string of the molecule is CCn1ncc(-c2ccc(CN)c(F)c2)c1C. The number of benzene rings is 1. The summed E-state index contributed by atoms with van der Waals surface area (Å²) in [5.41, 5.74) is 8.83. The molecule has 0 amide bonds. The standard InChI is InChI=1S/C13H16FN3/c1-3-17-9(2)12(8-16-17)10-4-5-11(7-15)13(14)6-10/h4-6,8H,3,7,15H2,1-2H3. The van der Waals surface area contributed by atoms with Crippen LogP contribution in [0.4, 0.5) is 4.39 Å². The summed E-state index contributed by atoms with van der Waals surface area (Å²) < 4.78 is 15.5. The molecule has 0 radical (unpaired) electrons. The van der Waals surface area contributed by atoms with Gasteiger partial charge in [-0.05, 0) is 25.5 Å². The van der Waals surface area contributed by atoms with Crippen molar-refractivity contribution in [2.45, 2.75) is 26.9 Å². The molecule has 0 fully saturated rings. The van der Waals surface area contributed by atoms with Crippen LogP contribution in [0.3, 0.4) is 0 Å². The zero-order chi connectivity index (χ0) is 12.4. The fourth-order valence-electron chi connectivity index (χ4n) is 1.93. The Labute approximate surface area is 100 Å². The van der Waals surface area contributed by atoms with E-state index in [0.717, 1.165) is 23.4 Å². The Balaban J connectivity index is 2.46. The van der Waals surface area contributed by atoms with E-state index in [9.17, 15) is 4.39 Å². The van der Waals surface area contributed by atoms with E-state index in [1.54, 1.807) is 12.3 Å². The van der Waals surface area contributed by atoms with Gasteiger partial charge in [-0.3, -0.25) is 4.68 Å². The van der Waals surface area contributed by atoms with Crippen LogP contribution >= 0.6 is 0 Å². The Bertz CT molecular complexity index is 531. The molecule has 0 aliphatic carbocycles. The Morgan fingerprint density at radius 3 is 2.71 bits per heavy atom. The summed E-state index contributed by atoms with van der Waals surface area (Å²) in [5, 5.41) is 4.25. The van der Waals surface area contributed by atoms with Crippen LogP contribution in [0, 0.1) is 12.7 Å². The summed E-state index contributed by atoms with van der Waals surface area (Å²) in [7, 11) is 0. The third-order valence-electron chi connectivity index (χ3n) is 2.99. The van der Waals surface area contributed by atoms with Gasteiger partial charge in [-0.25, -0.2) is 4.39 Å². The number of aromatic nitrogens is 2. The summed E-state index contributed by atoms with van der Waals surface area (Å²) in [4.78, 5) is 0. The second-order valence-corrected chi connectivity index (χ2v) is 3.97. The third-order valence-corrected chi connectivity index (χ3v) is 2.99. The zero-order valence-corrected chi connectivity index (χ0v) is 10.1. The molecule has 0 saturated heterocycles. The Hall–Kier alpha value is -1.68. The first-order chi connectivity index (χ1) is 8.17. The highest BCUT2D eigenvalue weighted by Gasteiger charge is 2.09. The second kappa shape index (κ2) is 4.67. The minimum atomic E-state index is -0.256. The van der Waals surface area contributed by atoms with Crippen LogP contribution in [-0.2, 0) is 13.1 Å². The Morgan fingerprint density at radius 1 is 1.41 bits per heavy atom. The number of hydrogen-bond donors (Lipinski definition) is 1. The second-order valence-electron chi connectivity index (χ2n) is 3.97. The number of hydrogen-bond acceptors (Lipinski definition) is 2. The number of halogens is 1. The molecule has 1 aromatic carbocycles. The van der Waals surface area contributed by atoms with Gasteiger partial charge in [0.05, 0.1) is 6.20 Å². The molecule has 90 valence electrons. The quantitative estimate of drug-likeness (QED) is 0.885. The van der Waals surface area contributed by atoms with Gasteiger partial charge in [-0.2, -0.15) is 5.10 Å². The smallest absolute Gasteiger partial charge is 0.128 e. The van der Waals surface area contributed by atoms with Crippen LogP contribution in [0.1, 0.15) is 18.2 Å². The highest BCUT2D eigenvalue weighted by molar-refractivity contribution is 5.65. The maximum absolute atomic E-state index is 13.6. The lowest BCUT2D eigenvalue weighted by Gasteiger charge is -2.05. The number of aryl methyl sites for hydroxylation is 1. The minimum Gasteiger partial charge on any atom is -0.326 e. The molecule has 0 aliphatic rings. The molecule has 1 aromatic heterocycles. The molecule has 0 saturated carbocycles. The molecule has 0 unspecified atom stereocenters. The van der Waals surface area contributed by atoms with E-state index in [1.165, 1.54) is 6.07 Å². The molecule has 2 rings (SSSR count). The van der Waals surface area contributed by atoms with Crippen molar-refractivity contribution < 1.29 is 4.39 Å². The van der Waals surface area contributed by atoms with Gasteiger partial charge in [-0.15, -0.1) is 0 Å². The lowest BCUT2D eigenvalue weighted by atomic mass is 10.0. The van der Waals surface area contributed by atoms with E-state index >= 15 is 0 Å². The van der Waals surface area contributed by atoms with E-state index in [2.05, 4.69) is 5.10 Å². The van der Waals surface area contributed by atoms with Crippen molar-refractivity contribution in [1.82, 2.24) is 9.78 Å². The van der Waals surface area contributed by atoms with Gasteiger partial charge < -0.3 is 5.73 Å². The van der Waals surface area contributed by atoms with Crippen molar-refractivity contribution in [3.63, 3.8) is 0 Å². The molecular formula is C13H16FN3. The summed E-state index contributed by atoms with van der Waals surface area (Å²) in [5.74, 6) is -0.256. The minimum absolute atomic E-state index is 0.222. The molecular weight excluding hydrogens is 217 g/mol. The predicted octanol–water partition coefficient (Wildman–Crippen LogP) is 2.48. The van der Waals surface area contributed by atoms with Crippen LogP contribution < -0.4 is 5.73 Å². The average Bonchev–Trinajstić information content (AvgIpc) is 2.70. The van der Waals surface area contributed by atoms with Gasteiger partial charge in [0.15, 0.2) is 0 Å². The molecule has 4 heteroatoms. The molecule has 3 nitrogen and oxygen atoms in total. The van der Waals surface area contributed by atoms with Crippen LogP contribution in [0.5, 0.6) is 0 Å². The van der Waals surface area contributed by atoms with Gasteiger partial charge in [0.25, 0.3) is 0 Å². The number of nitrogens with two attached hydrogens (primary N) is 1. The molecule has 17 heavy (non-hydrogen) atoms.